The molecule has 1 amide bonds. The van der Waals surface area contributed by atoms with Gasteiger partial charge in [-0.05, 0) is 56.4 Å². The van der Waals surface area contributed by atoms with Crippen molar-refractivity contribution in [2.24, 2.45) is 5.92 Å². The number of benzene rings is 2. The summed E-state index contributed by atoms with van der Waals surface area (Å²) in [6.45, 7) is 6.93. The van der Waals surface area contributed by atoms with Crippen molar-refractivity contribution in [1.82, 2.24) is 5.32 Å². The monoisotopic (exact) mass is 377 g/mol. The normalized spacial score (nSPS) is 16.9. The third-order valence-electron chi connectivity index (χ3n) is 6.15. The van der Waals surface area contributed by atoms with Crippen molar-refractivity contribution in [2.75, 3.05) is 42.5 Å². The van der Waals surface area contributed by atoms with Crippen LogP contribution >= 0.6 is 0 Å². The molecule has 148 valence electrons. The van der Waals surface area contributed by atoms with Gasteiger partial charge in [0, 0.05) is 50.0 Å². The summed E-state index contributed by atoms with van der Waals surface area (Å²) in [7, 11) is 0. The Kier molecular flexibility index (Phi) is 5.84. The molecule has 2 aromatic rings. The molecule has 1 N–H and O–H groups in total. The van der Waals surface area contributed by atoms with E-state index >= 15 is 0 Å². The van der Waals surface area contributed by atoms with Gasteiger partial charge in [-0.15, -0.1) is 0 Å². The van der Waals surface area contributed by atoms with E-state index < -0.39 is 0 Å². The van der Waals surface area contributed by atoms with E-state index in [0.29, 0.717) is 0 Å². The number of hydrogen-bond donors (Lipinski definition) is 1. The summed E-state index contributed by atoms with van der Waals surface area (Å²) in [5, 5.41) is 3.18. The largest absolute Gasteiger partial charge is 0.371 e. The standard InChI is InChI=1S/C24H31N3O/c1-19-7-9-22(10-8-19)26-16-12-21(13-17-26)24(28)25-14-4-15-27-18-11-20-5-2-3-6-23(20)27/h2-3,5-10,21H,4,11-18H2,1H3,(H,25,28). The molecule has 0 unspecified atom stereocenters. The molecular weight excluding hydrogens is 346 g/mol. The van der Waals surface area contributed by atoms with Gasteiger partial charge in [0.1, 0.15) is 0 Å². The zero-order chi connectivity index (χ0) is 19.3. The number of para-hydroxylation sites is 1. The van der Waals surface area contributed by atoms with E-state index in [1.54, 1.807) is 0 Å². The van der Waals surface area contributed by atoms with Gasteiger partial charge in [0.15, 0.2) is 0 Å². The lowest BCUT2D eigenvalue weighted by molar-refractivity contribution is -0.125. The van der Waals surface area contributed by atoms with Crippen LogP contribution in [0.3, 0.4) is 0 Å². The fourth-order valence-corrected chi connectivity index (χ4v) is 4.42. The van der Waals surface area contributed by atoms with Crippen LogP contribution in [0.4, 0.5) is 11.4 Å². The van der Waals surface area contributed by atoms with Crippen molar-refractivity contribution in [3.05, 3.63) is 59.7 Å². The average Bonchev–Trinajstić information content (AvgIpc) is 3.15. The van der Waals surface area contributed by atoms with E-state index in [0.717, 1.165) is 58.4 Å². The summed E-state index contributed by atoms with van der Waals surface area (Å²) in [5.41, 5.74) is 5.38. The maximum absolute atomic E-state index is 12.5. The second-order valence-electron chi connectivity index (χ2n) is 8.11. The number of amides is 1. The predicted molar refractivity (Wildman–Crippen MR) is 116 cm³/mol. The fourth-order valence-electron chi connectivity index (χ4n) is 4.42. The van der Waals surface area contributed by atoms with Crippen molar-refractivity contribution in [2.45, 2.75) is 32.6 Å². The molecule has 28 heavy (non-hydrogen) atoms. The van der Waals surface area contributed by atoms with E-state index in [1.807, 2.05) is 0 Å². The lowest BCUT2D eigenvalue weighted by Crippen LogP contribution is -2.41. The van der Waals surface area contributed by atoms with E-state index in [1.165, 1.54) is 22.5 Å². The highest BCUT2D eigenvalue weighted by Crippen LogP contribution is 2.27. The van der Waals surface area contributed by atoms with Crippen LogP contribution in [0.25, 0.3) is 0 Å². The zero-order valence-electron chi connectivity index (χ0n) is 16.9. The van der Waals surface area contributed by atoms with Crippen LogP contribution < -0.4 is 15.1 Å². The third kappa shape index (κ3) is 4.32. The van der Waals surface area contributed by atoms with Crippen LogP contribution in [0.5, 0.6) is 0 Å². The number of hydrogen-bond acceptors (Lipinski definition) is 3. The van der Waals surface area contributed by atoms with Gasteiger partial charge in [-0.2, -0.15) is 0 Å². The highest BCUT2D eigenvalue weighted by molar-refractivity contribution is 5.79. The van der Waals surface area contributed by atoms with Gasteiger partial charge in [0.05, 0.1) is 0 Å². The molecular formula is C24H31N3O. The van der Waals surface area contributed by atoms with Crippen molar-refractivity contribution in [3.63, 3.8) is 0 Å². The summed E-state index contributed by atoms with van der Waals surface area (Å²) >= 11 is 0. The van der Waals surface area contributed by atoms with Gasteiger partial charge in [-0.3, -0.25) is 4.79 Å². The van der Waals surface area contributed by atoms with Crippen molar-refractivity contribution in [3.8, 4) is 0 Å². The highest BCUT2D eigenvalue weighted by Gasteiger charge is 2.25. The zero-order valence-corrected chi connectivity index (χ0v) is 16.9. The molecule has 2 aliphatic rings. The van der Waals surface area contributed by atoms with Gasteiger partial charge in [-0.1, -0.05) is 35.9 Å². The molecule has 4 rings (SSSR count). The first-order valence-corrected chi connectivity index (χ1v) is 10.6. The van der Waals surface area contributed by atoms with Crippen LogP contribution in [-0.4, -0.2) is 38.6 Å². The van der Waals surface area contributed by atoms with Crippen molar-refractivity contribution >= 4 is 17.3 Å². The number of carbonyl (C=O) groups is 1. The lowest BCUT2D eigenvalue weighted by atomic mass is 9.95. The Morgan fingerprint density at radius 1 is 1.04 bits per heavy atom. The van der Waals surface area contributed by atoms with Crippen molar-refractivity contribution < 1.29 is 4.79 Å². The fraction of sp³-hybridized carbons (Fsp3) is 0.458. The molecule has 1 saturated heterocycles. The minimum atomic E-state index is 0.161. The maximum atomic E-state index is 12.5. The average molecular weight is 378 g/mol. The van der Waals surface area contributed by atoms with Crippen LogP contribution in [-0.2, 0) is 11.2 Å². The molecule has 0 aliphatic carbocycles. The van der Waals surface area contributed by atoms with Gasteiger partial charge in [0.25, 0.3) is 0 Å². The van der Waals surface area contributed by atoms with E-state index in [-0.39, 0.29) is 11.8 Å². The van der Waals surface area contributed by atoms with Gasteiger partial charge in [-0.25, -0.2) is 0 Å². The Bertz CT molecular complexity index is 794. The summed E-state index contributed by atoms with van der Waals surface area (Å²) < 4.78 is 0. The quantitative estimate of drug-likeness (QED) is 0.778. The Morgan fingerprint density at radius 2 is 1.79 bits per heavy atom. The Hall–Kier alpha value is -2.49. The third-order valence-corrected chi connectivity index (χ3v) is 6.15. The Morgan fingerprint density at radius 3 is 2.57 bits per heavy atom. The molecule has 2 aromatic carbocycles. The van der Waals surface area contributed by atoms with Gasteiger partial charge < -0.3 is 15.1 Å². The molecule has 0 radical (unpaired) electrons. The van der Waals surface area contributed by atoms with Crippen molar-refractivity contribution in [1.29, 1.82) is 0 Å². The predicted octanol–water partition coefficient (Wildman–Crippen LogP) is 3.78. The number of nitrogens with zero attached hydrogens (tertiary/aromatic N) is 2. The Balaban J connectivity index is 1.17. The number of anilines is 2. The lowest BCUT2D eigenvalue weighted by Gasteiger charge is -2.33. The summed E-state index contributed by atoms with van der Waals surface area (Å²) in [6, 6.07) is 17.4. The molecule has 2 aliphatic heterocycles. The Labute approximate surface area is 168 Å². The summed E-state index contributed by atoms with van der Waals surface area (Å²) in [6.07, 6.45) is 4.03. The molecule has 1 fully saturated rings. The molecule has 0 saturated carbocycles. The van der Waals surface area contributed by atoms with E-state index in [4.69, 9.17) is 0 Å². The SMILES string of the molecule is Cc1ccc(N2CCC(C(=O)NCCCN3CCc4ccccc43)CC2)cc1. The maximum Gasteiger partial charge on any atom is 0.223 e. The van der Waals surface area contributed by atoms with Crippen LogP contribution in [0.1, 0.15) is 30.4 Å². The minimum Gasteiger partial charge on any atom is -0.371 e. The number of piperidine rings is 1. The number of fused-ring (bicyclic) bond motifs is 1. The van der Waals surface area contributed by atoms with Crippen LogP contribution in [0.15, 0.2) is 48.5 Å². The molecule has 0 bridgehead atoms. The molecule has 0 atom stereocenters. The number of carbonyl (C=O) groups excluding carboxylic acids is 1. The number of aryl methyl sites for hydroxylation is 1. The van der Waals surface area contributed by atoms with Crippen LogP contribution in [0.2, 0.25) is 0 Å². The first kappa shape index (κ1) is 18.9. The molecule has 4 heteroatoms. The molecule has 2 heterocycles. The summed E-state index contributed by atoms with van der Waals surface area (Å²) in [4.78, 5) is 17.4. The smallest absolute Gasteiger partial charge is 0.223 e. The highest BCUT2D eigenvalue weighted by atomic mass is 16.1. The molecule has 4 nitrogen and oxygen atoms in total. The first-order valence-electron chi connectivity index (χ1n) is 10.6. The second-order valence-corrected chi connectivity index (χ2v) is 8.11. The number of rotatable bonds is 6. The van der Waals surface area contributed by atoms with Crippen LogP contribution in [0, 0.1) is 12.8 Å². The topological polar surface area (TPSA) is 35.6 Å². The van der Waals surface area contributed by atoms with E-state index in [9.17, 15) is 4.79 Å². The second kappa shape index (κ2) is 8.68. The van der Waals surface area contributed by atoms with Gasteiger partial charge >= 0.3 is 0 Å². The number of nitrogens with one attached hydrogen (secondary N) is 1. The van der Waals surface area contributed by atoms with Gasteiger partial charge in [0.2, 0.25) is 5.91 Å². The minimum absolute atomic E-state index is 0.161. The summed E-state index contributed by atoms with van der Waals surface area (Å²) in [5.74, 6) is 0.402. The van der Waals surface area contributed by atoms with E-state index in [2.05, 4.69) is 70.6 Å². The molecule has 0 spiro atoms. The first-order chi connectivity index (χ1) is 13.7. The molecule has 0 aromatic heterocycles.